The van der Waals surface area contributed by atoms with E-state index < -0.39 is 0 Å². The van der Waals surface area contributed by atoms with Crippen LogP contribution in [0.15, 0.2) is 42.7 Å². The Balaban J connectivity index is 1.78. The van der Waals surface area contributed by atoms with Gasteiger partial charge in [0.2, 0.25) is 5.88 Å². The van der Waals surface area contributed by atoms with Crippen LogP contribution in [0.25, 0.3) is 0 Å². The lowest BCUT2D eigenvalue weighted by atomic mass is 9.95. The van der Waals surface area contributed by atoms with Gasteiger partial charge in [-0.1, -0.05) is 44.2 Å². The van der Waals surface area contributed by atoms with Crippen molar-refractivity contribution in [2.24, 2.45) is 5.41 Å². The Morgan fingerprint density at radius 2 is 1.81 bits per heavy atom. The third-order valence-corrected chi connectivity index (χ3v) is 3.21. The first-order valence-corrected chi connectivity index (χ1v) is 7.22. The molecule has 1 aromatic carbocycles. The number of nitrogens with one attached hydrogen (secondary N) is 1. The standard InChI is InChI=1S/C17H23N3O/c1-14-16(20-10-9-19-14)21-13-17(2,3)12-18-11-15-7-5-4-6-8-15/h4-10,18H,11-13H2,1-3H3. The van der Waals surface area contributed by atoms with Crippen molar-refractivity contribution in [2.45, 2.75) is 27.3 Å². The summed E-state index contributed by atoms with van der Waals surface area (Å²) in [5.74, 6) is 0.619. The molecule has 0 spiro atoms. The van der Waals surface area contributed by atoms with Gasteiger partial charge in [-0.25, -0.2) is 4.98 Å². The Labute approximate surface area is 126 Å². The highest BCUT2D eigenvalue weighted by atomic mass is 16.5. The molecule has 0 amide bonds. The summed E-state index contributed by atoms with van der Waals surface area (Å²) in [6.07, 6.45) is 3.33. The number of aryl methyl sites for hydroxylation is 1. The molecule has 1 heterocycles. The molecule has 0 saturated carbocycles. The van der Waals surface area contributed by atoms with Crippen LogP contribution in [0, 0.1) is 12.3 Å². The summed E-state index contributed by atoms with van der Waals surface area (Å²) < 4.78 is 5.79. The lowest BCUT2D eigenvalue weighted by Crippen LogP contribution is -2.34. The topological polar surface area (TPSA) is 47.0 Å². The van der Waals surface area contributed by atoms with Gasteiger partial charge >= 0.3 is 0 Å². The zero-order valence-corrected chi connectivity index (χ0v) is 13.0. The first-order chi connectivity index (χ1) is 10.1. The van der Waals surface area contributed by atoms with Crippen LogP contribution in [0.5, 0.6) is 5.88 Å². The van der Waals surface area contributed by atoms with Gasteiger partial charge in [0, 0.05) is 30.9 Å². The van der Waals surface area contributed by atoms with Gasteiger partial charge < -0.3 is 10.1 Å². The number of ether oxygens (including phenoxy) is 1. The summed E-state index contributed by atoms with van der Waals surface area (Å²) in [6, 6.07) is 10.4. The van der Waals surface area contributed by atoms with Crippen LogP contribution in [0.2, 0.25) is 0 Å². The second kappa shape index (κ2) is 7.18. The minimum absolute atomic E-state index is 0.0265. The van der Waals surface area contributed by atoms with E-state index in [4.69, 9.17) is 4.74 Å². The molecule has 4 heteroatoms. The lowest BCUT2D eigenvalue weighted by molar-refractivity contribution is 0.169. The molecule has 112 valence electrons. The number of rotatable bonds is 7. The first kappa shape index (κ1) is 15.4. The van der Waals surface area contributed by atoms with Crippen molar-refractivity contribution in [2.75, 3.05) is 13.2 Å². The maximum absolute atomic E-state index is 5.79. The molecule has 0 radical (unpaired) electrons. The van der Waals surface area contributed by atoms with Crippen molar-refractivity contribution in [1.82, 2.24) is 15.3 Å². The van der Waals surface area contributed by atoms with Crippen LogP contribution in [-0.2, 0) is 6.54 Å². The summed E-state index contributed by atoms with van der Waals surface area (Å²) in [6.45, 7) is 8.61. The fourth-order valence-electron chi connectivity index (χ4n) is 1.99. The first-order valence-electron chi connectivity index (χ1n) is 7.22. The molecule has 2 rings (SSSR count). The molecular weight excluding hydrogens is 262 g/mol. The predicted octanol–water partition coefficient (Wildman–Crippen LogP) is 2.98. The smallest absolute Gasteiger partial charge is 0.235 e. The van der Waals surface area contributed by atoms with E-state index in [1.54, 1.807) is 12.4 Å². The average Bonchev–Trinajstić information content (AvgIpc) is 2.47. The Kier molecular flexibility index (Phi) is 5.28. The quantitative estimate of drug-likeness (QED) is 0.849. The molecule has 0 aliphatic carbocycles. The van der Waals surface area contributed by atoms with E-state index in [1.165, 1.54) is 5.56 Å². The maximum Gasteiger partial charge on any atom is 0.235 e. The molecule has 21 heavy (non-hydrogen) atoms. The van der Waals surface area contributed by atoms with E-state index in [0.29, 0.717) is 12.5 Å². The summed E-state index contributed by atoms with van der Waals surface area (Å²) in [7, 11) is 0. The molecule has 1 aromatic heterocycles. The van der Waals surface area contributed by atoms with E-state index in [9.17, 15) is 0 Å². The summed E-state index contributed by atoms with van der Waals surface area (Å²) in [5, 5.41) is 3.48. The molecule has 0 atom stereocenters. The molecule has 2 aromatic rings. The number of hydrogen-bond donors (Lipinski definition) is 1. The Hall–Kier alpha value is -1.94. The maximum atomic E-state index is 5.79. The monoisotopic (exact) mass is 285 g/mol. The number of aromatic nitrogens is 2. The highest BCUT2D eigenvalue weighted by Gasteiger charge is 2.19. The molecule has 4 nitrogen and oxygen atoms in total. The molecule has 0 fully saturated rings. The lowest BCUT2D eigenvalue weighted by Gasteiger charge is -2.25. The second-order valence-corrected chi connectivity index (χ2v) is 5.99. The third-order valence-electron chi connectivity index (χ3n) is 3.21. The van der Waals surface area contributed by atoms with Crippen LogP contribution in [-0.4, -0.2) is 23.1 Å². The Bertz CT molecular complexity index is 555. The van der Waals surface area contributed by atoms with Crippen molar-refractivity contribution in [1.29, 1.82) is 0 Å². The fourth-order valence-corrected chi connectivity index (χ4v) is 1.99. The van der Waals surface area contributed by atoms with Gasteiger partial charge in [0.05, 0.1) is 12.3 Å². The summed E-state index contributed by atoms with van der Waals surface area (Å²) >= 11 is 0. The van der Waals surface area contributed by atoms with E-state index in [-0.39, 0.29) is 5.41 Å². The zero-order chi connectivity index (χ0) is 15.1. The normalized spacial score (nSPS) is 11.4. The van der Waals surface area contributed by atoms with E-state index in [0.717, 1.165) is 18.8 Å². The van der Waals surface area contributed by atoms with Gasteiger partial charge in [0.15, 0.2) is 0 Å². The van der Waals surface area contributed by atoms with Crippen molar-refractivity contribution in [3.8, 4) is 5.88 Å². The number of nitrogens with zero attached hydrogens (tertiary/aromatic N) is 2. The predicted molar refractivity (Wildman–Crippen MR) is 84.2 cm³/mol. The molecule has 0 bridgehead atoms. The highest BCUT2D eigenvalue weighted by Crippen LogP contribution is 2.18. The van der Waals surface area contributed by atoms with Gasteiger partial charge in [-0.15, -0.1) is 0 Å². The Morgan fingerprint density at radius 1 is 1.10 bits per heavy atom. The van der Waals surface area contributed by atoms with Crippen LogP contribution >= 0.6 is 0 Å². The summed E-state index contributed by atoms with van der Waals surface area (Å²) in [5.41, 5.74) is 2.14. The molecule has 0 aliphatic rings. The van der Waals surface area contributed by atoms with Crippen LogP contribution in [0.3, 0.4) is 0 Å². The van der Waals surface area contributed by atoms with Crippen LogP contribution in [0.4, 0.5) is 0 Å². The highest BCUT2D eigenvalue weighted by molar-refractivity contribution is 5.15. The van der Waals surface area contributed by atoms with E-state index in [2.05, 4.69) is 53.4 Å². The van der Waals surface area contributed by atoms with Crippen molar-refractivity contribution in [3.05, 3.63) is 54.0 Å². The zero-order valence-electron chi connectivity index (χ0n) is 13.0. The minimum Gasteiger partial charge on any atom is -0.476 e. The molecule has 0 aliphatic heterocycles. The van der Waals surface area contributed by atoms with Crippen LogP contribution in [0.1, 0.15) is 25.1 Å². The van der Waals surface area contributed by atoms with Gasteiger partial charge in [-0.3, -0.25) is 4.98 Å². The molecule has 0 unspecified atom stereocenters. The van der Waals surface area contributed by atoms with E-state index in [1.807, 2.05) is 13.0 Å². The van der Waals surface area contributed by atoms with Crippen molar-refractivity contribution < 1.29 is 4.74 Å². The van der Waals surface area contributed by atoms with Gasteiger partial charge in [-0.2, -0.15) is 0 Å². The Morgan fingerprint density at radius 3 is 2.52 bits per heavy atom. The number of hydrogen-bond acceptors (Lipinski definition) is 4. The van der Waals surface area contributed by atoms with Gasteiger partial charge in [0.25, 0.3) is 0 Å². The van der Waals surface area contributed by atoms with Crippen molar-refractivity contribution >= 4 is 0 Å². The number of benzene rings is 1. The van der Waals surface area contributed by atoms with E-state index >= 15 is 0 Å². The third kappa shape index (κ3) is 5.16. The minimum atomic E-state index is 0.0265. The molecule has 0 saturated heterocycles. The molecule has 1 N–H and O–H groups in total. The van der Waals surface area contributed by atoms with Crippen LogP contribution < -0.4 is 10.1 Å². The average molecular weight is 285 g/mol. The largest absolute Gasteiger partial charge is 0.476 e. The summed E-state index contributed by atoms with van der Waals surface area (Å²) in [4.78, 5) is 8.38. The molecular formula is C17H23N3O. The SMILES string of the molecule is Cc1nccnc1OCC(C)(C)CNCc1ccccc1. The fraction of sp³-hybridized carbons (Fsp3) is 0.412. The second-order valence-electron chi connectivity index (χ2n) is 5.99. The van der Waals surface area contributed by atoms with Crippen molar-refractivity contribution in [3.63, 3.8) is 0 Å². The van der Waals surface area contributed by atoms with Gasteiger partial charge in [-0.05, 0) is 12.5 Å². The van der Waals surface area contributed by atoms with Gasteiger partial charge in [0.1, 0.15) is 0 Å².